The van der Waals surface area contributed by atoms with Crippen LogP contribution in [0.3, 0.4) is 0 Å². The average molecular weight is 447 g/mol. The summed E-state index contributed by atoms with van der Waals surface area (Å²) in [5.74, 6) is 0.527. The van der Waals surface area contributed by atoms with Gasteiger partial charge in [-0.2, -0.15) is 0 Å². The number of piperidine rings is 1. The van der Waals surface area contributed by atoms with Crippen LogP contribution in [0.1, 0.15) is 37.1 Å². The molecule has 0 saturated carbocycles. The highest BCUT2D eigenvalue weighted by molar-refractivity contribution is 6.09. The molecule has 3 heterocycles. The lowest BCUT2D eigenvalue weighted by Gasteiger charge is -2.32. The standard InChI is InChI=1S/C24H26N6O3/c1-24(19-8-7-16-5-3-4-6-18(16)13-19)22(32)30(23(33)26-24)14-20(31)29-11-9-17(10-12-29)21-27-25-15-28(21)2/h3-8,13,15,17H,9-12,14H2,1-2H3,(H,26,33). The topological polar surface area (TPSA) is 100 Å². The highest BCUT2D eigenvalue weighted by Crippen LogP contribution is 2.31. The van der Waals surface area contributed by atoms with Crippen molar-refractivity contribution in [1.82, 2.24) is 29.9 Å². The molecule has 2 saturated heterocycles. The average Bonchev–Trinajstić information content (AvgIpc) is 3.35. The number of carbonyl (C=O) groups is 3. The zero-order valence-corrected chi connectivity index (χ0v) is 18.7. The minimum absolute atomic E-state index is 0.224. The van der Waals surface area contributed by atoms with Crippen molar-refractivity contribution in [1.29, 1.82) is 0 Å². The van der Waals surface area contributed by atoms with Crippen LogP contribution in [0.25, 0.3) is 10.8 Å². The van der Waals surface area contributed by atoms with Crippen molar-refractivity contribution in [2.45, 2.75) is 31.2 Å². The summed E-state index contributed by atoms with van der Waals surface area (Å²) in [4.78, 5) is 41.7. The van der Waals surface area contributed by atoms with Crippen molar-refractivity contribution in [3.05, 3.63) is 60.2 Å². The van der Waals surface area contributed by atoms with Crippen LogP contribution in [0, 0.1) is 0 Å². The van der Waals surface area contributed by atoms with Gasteiger partial charge in [-0.25, -0.2) is 4.79 Å². The zero-order valence-electron chi connectivity index (χ0n) is 18.7. The largest absolute Gasteiger partial charge is 0.341 e. The molecule has 0 spiro atoms. The van der Waals surface area contributed by atoms with Crippen LogP contribution in [0.2, 0.25) is 0 Å². The molecule has 33 heavy (non-hydrogen) atoms. The van der Waals surface area contributed by atoms with Crippen molar-refractivity contribution in [3.63, 3.8) is 0 Å². The second-order valence-electron chi connectivity index (χ2n) is 8.96. The van der Waals surface area contributed by atoms with Gasteiger partial charge < -0.3 is 14.8 Å². The highest BCUT2D eigenvalue weighted by Gasteiger charge is 2.49. The number of aryl methyl sites for hydroxylation is 1. The van der Waals surface area contributed by atoms with E-state index in [1.165, 1.54) is 0 Å². The van der Waals surface area contributed by atoms with Crippen LogP contribution >= 0.6 is 0 Å². The molecular weight excluding hydrogens is 420 g/mol. The van der Waals surface area contributed by atoms with E-state index in [1.54, 1.807) is 18.2 Å². The van der Waals surface area contributed by atoms with Gasteiger partial charge in [0.15, 0.2) is 0 Å². The highest BCUT2D eigenvalue weighted by atomic mass is 16.2. The Morgan fingerprint density at radius 1 is 1.12 bits per heavy atom. The first-order valence-electron chi connectivity index (χ1n) is 11.1. The molecule has 0 radical (unpaired) electrons. The van der Waals surface area contributed by atoms with E-state index in [-0.39, 0.29) is 18.4 Å². The number of rotatable bonds is 4. The quantitative estimate of drug-likeness (QED) is 0.619. The van der Waals surface area contributed by atoms with Crippen LogP contribution < -0.4 is 5.32 Å². The molecule has 1 unspecified atom stereocenters. The first kappa shape index (κ1) is 21.1. The molecule has 5 rings (SSSR count). The number of carbonyl (C=O) groups excluding carboxylic acids is 3. The predicted octanol–water partition coefficient (Wildman–Crippen LogP) is 2.14. The maximum atomic E-state index is 13.3. The second kappa shape index (κ2) is 7.99. The molecule has 2 aromatic carbocycles. The predicted molar refractivity (Wildman–Crippen MR) is 121 cm³/mol. The first-order valence-corrected chi connectivity index (χ1v) is 11.1. The third-order valence-electron chi connectivity index (χ3n) is 6.85. The molecule has 1 atom stereocenters. The van der Waals surface area contributed by atoms with Gasteiger partial charge >= 0.3 is 6.03 Å². The van der Waals surface area contributed by atoms with Gasteiger partial charge in [0.05, 0.1) is 0 Å². The molecule has 9 nitrogen and oxygen atoms in total. The number of hydrogen-bond acceptors (Lipinski definition) is 5. The van der Waals surface area contributed by atoms with E-state index >= 15 is 0 Å². The van der Waals surface area contributed by atoms with Crippen molar-refractivity contribution in [2.24, 2.45) is 7.05 Å². The molecular formula is C24H26N6O3. The fraction of sp³-hybridized carbons (Fsp3) is 0.375. The Morgan fingerprint density at radius 3 is 2.55 bits per heavy atom. The third kappa shape index (κ3) is 3.63. The normalized spacial score (nSPS) is 21.6. The molecule has 3 aromatic rings. The Hall–Kier alpha value is -3.75. The zero-order chi connectivity index (χ0) is 23.2. The SMILES string of the molecule is Cn1cnnc1C1CCN(C(=O)CN2C(=O)NC(C)(c3ccc4ccccc4c3)C2=O)CC1. The van der Waals surface area contributed by atoms with E-state index in [2.05, 4.69) is 15.5 Å². The second-order valence-corrected chi connectivity index (χ2v) is 8.96. The van der Waals surface area contributed by atoms with E-state index in [1.807, 2.05) is 54.1 Å². The van der Waals surface area contributed by atoms with Gasteiger partial charge in [0, 0.05) is 26.1 Å². The van der Waals surface area contributed by atoms with Crippen molar-refractivity contribution in [3.8, 4) is 0 Å². The number of urea groups is 1. The lowest BCUT2D eigenvalue weighted by atomic mass is 9.90. The van der Waals surface area contributed by atoms with Crippen LogP contribution in [0.15, 0.2) is 48.8 Å². The van der Waals surface area contributed by atoms with Gasteiger partial charge in [-0.15, -0.1) is 10.2 Å². The van der Waals surface area contributed by atoms with Gasteiger partial charge in [0.25, 0.3) is 5.91 Å². The Labute approximate surface area is 191 Å². The summed E-state index contributed by atoms with van der Waals surface area (Å²) >= 11 is 0. The van der Waals surface area contributed by atoms with Gasteiger partial charge in [-0.3, -0.25) is 14.5 Å². The molecule has 4 amide bonds. The lowest BCUT2D eigenvalue weighted by molar-refractivity contribution is -0.139. The minimum atomic E-state index is -1.21. The van der Waals surface area contributed by atoms with E-state index in [0.29, 0.717) is 18.7 Å². The van der Waals surface area contributed by atoms with Gasteiger partial charge in [-0.1, -0.05) is 36.4 Å². The Kier molecular flexibility index (Phi) is 5.11. The Morgan fingerprint density at radius 2 is 1.85 bits per heavy atom. The van der Waals surface area contributed by atoms with Crippen LogP contribution in [-0.2, 0) is 22.2 Å². The molecule has 0 bridgehead atoms. The number of fused-ring (bicyclic) bond motifs is 1. The number of likely N-dealkylation sites (tertiary alicyclic amines) is 1. The molecule has 2 fully saturated rings. The minimum Gasteiger partial charge on any atom is -0.341 e. The van der Waals surface area contributed by atoms with Crippen LogP contribution in [-0.4, -0.2) is 62.0 Å². The number of nitrogens with one attached hydrogen (secondary N) is 1. The third-order valence-corrected chi connectivity index (χ3v) is 6.85. The number of aromatic nitrogens is 3. The lowest BCUT2D eigenvalue weighted by Crippen LogP contribution is -2.46. The van der Waals surface area contributed by atoms with E-state index in [0.717, 1.165) is 34.3 Å². The van der Waals surface area contributed by atoms with E-state index < -0.39 is 17.5 Å². The smallest absolute Gasteiger partial charge is 0.325 e. The number of nitrogens with zero attached hydrogens (tertiary/aromatic N) is 5. The molecule has 2 aliphatic heterocycles. The molecule has 9 heteroatoms. The van der Waals surface area contributed by atoms with Crippen molar-refractivity contribution >= 4 is 28.6 Å². The molecule has 1 aromatic heterocycles. The fourth-order valence-corrected chi connectivity index (χ4v) is 4.82. The van der Waals surface area contributed by atoms with Gasteiger partial charge in [0.2, 0.25) is 5.91 Å². The van der Waals surface area contributed by atoms with Crippen LogP contribution in [0.5, 0.6) is 0 Å². The summed E-state index contributed by atoms with van der Waals surface area (Å²) in [7, 11) is 1.91. The number of hydrogen-bond donors (Lipinski definition) is 1. The Balaban J connectivity index is 1.27. The van der Waals surface area contributed by atoms with E-state index in [4.69, 9.17) is 0 Å². The summed E-state index contributed by atoms with van der Waals surface area (Å²) < 4.78 is 1.91. The number of benzene rings is 2. The molecule has 1 N–H and O–H groups in total. The number of imide groups is 1. The first-order chi connectivity index (χ1) is 15.9. The summed E-state index contributed by atoms with van der Waals surface area (Å²) in [5, 5.41) is 13.0. The summed E-state index contributed by atoms with van der Waals surface area (Å²) in [6.45, 7) is 2.54. The molecule has 170 valence electrons. The molecule has 2 aliphatic rings. The van der Waals surface area contributed by atoms with Crippen LogP contribution in [0.4, 0.5) is 4.79 Å². The fourth-order valence-electron chi connectivity index (χ4n) is 4.82. The summed E-state index contributed by atoms with van der Waals surface area (Å²) in [5.41, 5.74) is -0.515. The van der Waals surface area contributed by atoms with E-state index in [9.17, 15) is 14.4 Å². The summed E-state index contributed by atoms with van der Waals surface area (Å²) in [6.07, 6.45) is 3.22. The van der Waals surface area contributed by atoms with Crippen molar-refractivity contribution in [2.75, 3.05) is 19.6 Å². The number of amides is 4. The summed E-state index contributed by atoms with van der Waals surface area (Å²) in [6, 6.07) is 13.0. The van der Waals surface area contributed by atoms with Gasteiger partial charge in [-0.05, 0) is 42.2 Å². The molecule has 0 aliphatic carbocycles. The van der Waals surface area contributed by atoms with Crippen molar-refractivity contribution < 1.29 is 14.4 Å². The monoisotopic (exact) mass is 446 g/mol. The Bertz CT molecular complexity index is 1250. The maximum Gasteiger partial charge on any atom is 0.325 e. The maximum absolute atomic E-state index is 13.3. The van der Waals surface area contributed by atoms with Gasteiger partial charge in [0.1, 0.15) is 24.2 Å².